The molecule has 1 aliphatic carbocycles. The summed E-state index contributed by atoms with van der Waals surface area (Å²) in [6, 6.07) is 9.57. The minimum Gasteiger partial charge on any atom is -0.368 e. The standard InChI is InChI=1S/C43H52ClN11O4/c1-49(2)43(59)36-23-28-25-46-37(47-40(28)55(36)30-5-3-4-6-30)24-29-7-8-31(26-45-29)52-19-15-50(16-20-52)13-14-51-17-21-53(22-18-51)34-10-9-32-33(39(34)44)27-54(42(32)58)35-11-12-38(56)48-41(35)57/h7-10,23,25-26,30,35H,3-6,11-22,24,27H2,1-2H3,(H,48,56,57). The van der Waals surface area contributed by atoms with Crippen LogP contribution in [0.15, 0.2) is 42.7 Å². The number of nitrogens with zero attached hydrogens (tertiary/aromatic N) is 10. The summed E-state index contributed by atoms with van der Waals surface area (Å²) in [5.74, 6) is -0.224. The SMILES string of the molecule is CN(C)C(=O)c1cc2cnc(Cc3ccc(N4CCN(CCN5CCN(c6ccc7c(c6Cl)CN(C6CCC(=O)NC6=O)C7=O)CC5)CC4)cn3)nc2n1C1CCCC1. The zero-order valence-electron chi connectivity index (χ0n) is 33.9. The minimum atomic E-state index is -0.658. The van der Waals surface area contributed by atoms with Crippen molar-refractivity contribution in [2.75, 3.05) is 89.3 Å². The lowest BCUT2D eigenvalue weighted by molar-refractivity contribution is -0.136. The fourth-order valence-electron chi connectivity index (χ4n) is 9.49. The Balaban J connectivity index is 0.742. The molecule has 0 spiro atoms. The Bertz CT molecular complexity index is 2260. The number of carbonyl (C=O) groups is 4. The van der Waals surface area contributed by atoms with E-state index in [9.17, 15) is 19.2 Å². The molecule has 9 rings (SSSR count). The van der Waals surface area contributed by atoms with Crippen molar-refractivity contribution >= 4 is 57.6 Å². The summed E-state index contributed by atoms with van der Waals surface area (Å²) in [6.07, 6.45) is 9.35. The molecular weight excluding hydrogens is 770 g/mol. The predicted octanol–water partition coefficient (Wildman–Crippen LogP) is 3.59. The van der Waals surface area contributed by atoms with Gasteiger partial charge in [-0.3, -0.25) is 39.3 Å². The fourth-order valence-corrected chi connectivity index (χ4v) is 9.83. The highest BCUT2D eigenvalue weighted by Gasteiger charge is 2.40. The third-order valence-corrected chi connectivity index (χ3v) is 13.3. The molecule has 1 N–H and O–H groups in total. The van der Waals surface area contributed by atoms with Crippen molar-refractivity contribution in [1.29, 1.82) is 0 Å². The summed E-state index contributed by atoms with van der Waals surface area (Å²) >= 11 is 6.95. The molecule has 1 aromatic carbocycles. The van der Waals surface area contributed by atoms with Gasteiger partial charge in [-0.05, 0) is 49.6 Å². The second kappa shape index (κ2) is 16.5. The lowest BCUT2D eigenvalue weighted by Crippen LogP contribution is -2.52. The van der Waals surface area contributed by atoms with E-state index in [2.05, 4.69) is 46.6 Å². The number of hydrogen-bond acceptors (Lipinski definition) is 11. The van der Waals surface area contributed by atoms with Crippen molar-refractivity contribution in [1.82, 2.24) is 44.4 Å². The molecule has 4 fully saturated rings. The zero-order chi connectivity index (χ0) is 40.8. The fraction of sp³-hybridized carbons (Fsp3) is 0.512. The van der Waals surface area contributed by atoms with Crippen molar-refractivity contribution < 1.29 is 19.2 Å². The Kier molecular flexibility index (Phi) is 11.0. The Hall–Kier alpha value is -5.12. The molecular formula is C43H52ClN11O4. The molecule has 0 bridgehead atoms. The number of imide groups is 1. The first-order valence-corrected chi connectivity index (χ1v) is 21.4. The summed E-state index contributed by atoms with van der Waals surface area (Å²) in [5, 5.41) is 3.84. The van der Waals surface area contributed by atoms with Gasteiger partial charge in [0.2, 0.25) is 11.8 Å². The van der Waals surface area contributed by atoms with E-state index in [4.69, 9.17) is 21.6 Å². The van der Waals surface area contributed by atoms with Crippen LogP contribution < -0.4 is 15.1 Å². The Morgan fingerprint density at radius 2 is 1.58 bits per heavy atom. The molecule has 1 unspecified atom stereocenters. The van der Waals surface area contributed by atoms with Crippen LogP contribution in [-0.2, 0) is 22.6 Å². The van der Waals surface area contributed by atoms with Crippen LogP contribution in [0.25, 0.3) is 11.0 Å². The van der Waals surface area contributed by atoms with Gasteiger partial charge in [0.1, 0.15) is 23.2 Å². The van der Waals surface area contributed by atoms with Gasteiger partial charge in [-0.1, -0.05) is 24.4 Å². The predicted molar refractivity (Wildman–Crippen MR) is 225 cm³/mol. The molecule has 15 nitrogen and oxygen atoms in total. The van der Waals surface area contributed by atoms with Crippen LogP contribution in [0.4, 0.5) is 11.4 Å². The third-order valence-electron chi connectivity index (χ3n) is 12.9. The average molecular weight is 822 g/mol. The van der Waals surface area contributed by atoms with Gasteiger partial charge in [0.15, 0.2) is 0 Å². The maximum absolute atomic E-state index is 13.2. The molecule has 59 heavy (non-hydrogen) atoms. The van der Waals surface area contributed by atoms with Crippen LogP contribution in [0.1, 0.15) is 82.5 Å². The number of pyridine rings is 1. The van der Waals surface area contributed by atoms with E-state index in [0.717, 1.165) is 112 Å². The molecule has 310 valence electrons. The lowest BCUT2D eigenvalue weighted by atomic mass is 10.0. The average Bonchev–Trinajstić information content (AvgIpc) is 3.99. The van der Waals surface area contributed by atoms with Gasteiger partial charge in [0, 0.05) is 127 Å². The van der Waals surface area contributed by atoms with Gasteiger partial charge >= 0.3 is 0 Å². The van der Waals surface area contributed by atoms with Gasteiger partial charge in [-0.2, -0.15) is 0 Å². The summed E-state index contributed by atoms with van der Waals surface area (Å²) in [5.41, 5.74) is 5.79. The monoisotopic (exact) mass is 821 g/mol. The van der Waals surface area contributed by atoms with Crippen molar-refractivity contribution in [2.24, 2.45) is 0 Å². The highest BCUT2D eigenvalue weighted by Crippen LogP contribution is 2.39. The van der Waals surface area contributed by atoms with E-state index in [0.29, 0.717) is 34.9 Å². The number of carbonyl (C=O) groups excluding carboxylic acids is 4. The zero-order valence-corrected chi connectivity index (χ0v) is 34.7. The van der Waals surface area contributed by atoms with Crippen LogP contribution in [0.5, 0.6) is 0 Å². The normalized spacial score (nSPS) is 20.8. The number of piperidine rings is 1. The summed E-state index contributed by atoms with van der Waals surface area (Å²) in [6.45, 7) is 9.71. The largest absolute Gasteiger partial charge is 0.368 e. The molecule has 0 radical (unpaired) electrons. The smallest absolute Gasteiger partial charge is 0.270 e. The highest BCUT2D eigenvalue weighted by atomic mass is 35.5. The topological polar surface area (TPSA) is 143 Å². The first kappa shape index (κ1) is 39.3. The first-order valence-electron chi connectivity index (χ1n) is 21.1. The molecule has 7 heterocycles. The number of fused-ring (bicyclic) bond motifs is 2. The Morgan fingerprint density at radius 1 is 0.864 bits per heavy atom. The van der Waals surface area contributed by atoms with Crippen LogP contribution in [0.2, 0.25) is 5.02 Å². The van der Waals surface area contributed by atoms with Crippen molar-refractivity contribution in [2.45, 2.75) is 63.6 Å². The molecule has 3 saturated heterocycles. The molecule has 3 aromatic heterocycles. The van der Waals surface area contributed by atoms with Gasteiger partial charge < -0.3 is 24.2 Å². The maximum atomic E-state index is 13.2. The quantitative estimate of drug-likeness (QED) is 0.235. The molecule has 4 amide bonds. The van der Waals surface area contributed by atoms with Gasteiger partial charge in [-0.15, -0.1) is 0 Å². The van der Waals surface area contributed by atoms with Crippen LogP contribution in [0.3, 0.4) is 0 Å². The number of benzene rings is 1. The van der Waals surface area contributed by atoms with Crippen molar-refractivity contribution in [3.8, 4) is 0 Å². The summed E-state index contributed by atoms with van der Waals surface area (Å²) in [7, 11) is 3.59. The van der Waals surface area contributed by atoms with Gasteiger partial charge in [0.05, 0.1) is 29.0 Å². The Labute approximate surface area is 349 Å². The number of nitrogens with one attached hydrogen (secondary N) is 1. The number of aromatic nitrogens is 4. The second-order valence-corrected chi connectivity index (χ2v) is 17.1. The van der Waals surface area contributed by atoms with E-state index in [1.165, 1.54) is 12.8 Å². The van der Waals surface area contributed by atoms with E-state index < -0.39 is 11.9 Å². The summed E-state index contributed by atoms with van der Waals surface area (Å²) < 4.78 is 2.16. The number of anilines is 2. The van der Waals surface area contributed by atoms with Gasteiger partial charge in [-0.25, -0.2) is 9.97 Å². The van der Waals surface area contributed by atoms with Crippen LogP contribution >= 0.6 is 11.6 Å². The molecule has 4 aliphatic heterocycles. The first-order chi connectivity index (χ1) is 28.6. The lowest BCUT2D eigenvalue weighted by Gasteiger charge is -2.39. The van der Waals surface area contributed by atoms with E-state index >= 15 is 0 Å². The second-order valence-electron chi connectivity index (χ2n) is 16.8. The van der Waals surface area contributed by atoms with E-state index in [1.807, 2.05) is 30.6 Å². The molecule has 4 aromatic rings. The van der Waals surface area contributed by atoms with E-state index in [1.54, 1.807) is 23.9 Å². The van der Waals surface area contributed by atoms with Crippen LogP contribution in [-0.4, -0.2) is 148 Å². The number of amides is 4. The van der Waals surface area contributed by atoms with Crippen molar-refractivity contribution in [3.63, 3.8) is 0 Å². The molecule has 1 atom stereocenters. The molecule has 1 saturated carbocycles. The number of hydrogen-bond donors (Lipinski definition) is 1. The van der Waals surface area contributed by atoms with Gasteiger partial charge in [0.25, 0.3) is 11.8 Å². The number of piperazine rings is 2. The third kappa shape index (κ3) is 7.87. The Morgan fingerprint density at radius 3 is 2.24 bits per heavy atom. The van der Waals surface area contributed by atoms with Crippen LogP contribution in [0, 0.1) is 0 Å². The maximum Gasteiger partial charge on any atom is 0.270 e. The molecule has 5 aliphatic rings. The number of rotatable bonds is 10. The highest BCUT2D eigenvalue weighted by molar-refractivity contribution is 6.35. The van der Waals surface area contributed by atoms with E-state index in [-0.39, 0.29) is 36.7 Å². The van der Waals surface area contributed by atoms with Crippen molar-refractivity contribution in [3.05, 3.63) is 76.1 Å². The number of halogens is 1. The minimum absolute atomic E-state index is 0.00620. The summed E-state index contributed by atoms with van der Waals surface area (Å²) in [4.78, 5) is 77.9. The molecule has 16 heteroatoms.